The Morgan fingerprint density at radius 1 is 1.30 bits per heavy atom. The van der Waals surface area contributed by atoms with Gasteiger partial charge in [0.25, 0.3) is 0 Å². The molecule has 4 nitrogen and oxygen atoms in total. The molecule has 1 aromatic heterocycles. The van der Waals surface area contributed by atoms with Crippen molar-refractivity contribution in [2.24, 2.45) is 0 Å². The Morgan fingerprint density at radius 2 is 2.05 bits per heavy atom. The number of sulfone groups is 1. The van der Waals surface area contributed by atoms with Gasteiger partial charge >= 0.3 is 0 Å². The van der Waals surface area contributed by atoms with Crippen LogP contribution in [-0.4, -0.2) is 28.3 Å². The van der Waals surface area contributed by atoms with Crippen LogP contribution in [0.3, 0.4) is 0 Å². The lowest BCUT2D eigenvalue weighted by Gasteiger charge is -2.21. The van der Waals surface area contributed by atoms with Gasteiger partial charge in [-0.05, 0) is 36.1 Å². The van der Waals surface area contributed by atoms with Crippen molar-refractivity contribution in [2.45, 2.75) is 11.3 Å². The molecule has 0 radical (unpaired) electrons. The van der Waals surface area contributed by atoms with Gasteiger partial charge in [-0.1, -0.05) is 6.07 Å². The molecule has 1 aromatic carbocycles. The predicted octanol–water partition coefficient (Wildman–Crippen LogP) is 2.41. The van der Waals surface area contributed by atoms with E-state index in [4.69, 9.17) is 5.73 Å². The average molecular weight is 310 g/mol. The number of nitrogen functional groups attached to an aromatic ring is 1. The summed E-state index contributed by atoms with van der Waals surface area (Å²) in [6.07, 6.45) is 2.13. The smallest absolute Gasteiger partial charge is 0.175 e. The van der Waals surface area contributed by atoms with E-state index in [-0.39, 0.29) is 4.90 Å². The van der Waals surface area contributed by atoms with Gasteiger partial charge in [0.1, 0.15) is 0 Å². The summed E-state index contributed by atoms with van der Waals surface area (Å²) in [5, 5.41) is 2.06. The van der Waals surface area contributed by atoms with E-state index in [1.165, 1.54) is 17.2 Å². The summed E-state index contributed by atoms with van der Waals surface area (Å²) in [6.45, 7) is 0.836. The van der Waals surface area contributed by atoms with Gasteiger partial charge in [0.15, 0.2) is 9.84 Å². The molecule has 6 heteroatoms. The van der Waals surface area contributed by atoms with E-state index < -0.39 is 9.84 Å². The maximum Gasteiger partial charge on any atom is 0.175 e. The van der Waals surface area contributed by atoms with Crippen molar-refractivity contribution in [3.05, 3.63) is 40.6 Å². The molecule has 108 valence electrons. The van der Waals surface area contributed by atoms with Gasteiger partial charge < -0.3 is 10.6 Å². The molecule has 2 N–H and O–H groups in total. The molecule has 0 fully saturated rings. The van der Waals surface area contributed by atoms with Crippen LogP contribution in [0.5, 0.6) is 0 Å². The highest BCUT2D eigenvalue weighted by Crippen LogP contribution is 2.25. The third kappa shape index (κ3) is 3.52. The van der Waals surface area contributed by atoms with E-state index in [2.05, 4.69) is 11.4 Å². The first kappa shape index (κ1) is 14.9. The van der Waals surface area contributed by atoms with Gasteiger partial charge in [0.2, 0.25) is 0 Å². The van der Waals surface area contributed by atoms with E-state index in [1.807, 2.05) is 18.0 Å². The second-order valence-corrected chi connectivity index (χ2v) is 7.79. The van der Waals surface area contributed by atoms with E-state index in [9.17, 15) is 8.42 Å². The Hall–Kier alpha value is -1.53. The van der Waals surface area contributed by atoms with Crippen LogP contribution in [0.4, 0.5) is 11.4 Å². The molecule has 0 saturated carbocycles. The minimum atomic E-state index is -3.21. The average Bonchev–Trinajstić information content (AvgIpc) is 2.87. The second-order valence-electron chi connectivity index (χ2n) is 4.74. The van der Waals surface area contributed by atoms with Gasteiger partial charge in [0, 0.05) is 24.7 Å². The summed E-state index contributed by atoms with van der Waals surface area (Å²) in [5.74, 6) is 0. The minimum Gasteiger partial charge on any atom is -0.397 e. The van der Waals surface area contributed by atoms with Crippen LogP contribution in [0.1, 0.15) is 4.88 Å². The third-order valence-electron chi connectivity index (χ3n) is 3.11. The molecule has 0 aliphatic rings. The van der Waals surface area contributed by atoms with Crippen molar-refractivity contribution >= 4 is 32.5 Å². The third-order valence-corrected chi connectivity index (χ3v) is 5.16. The molecule has 0 aliphatic carbocycles. The van der Waals surface area contributed by atoms with E-state index in [0.29, 0.717) is 5.69 Å². The Balaban J connectivity index is 2.12. The number of nitrogens with zero attached hydrogens (tertiary/aromatic N) is 1. The quantitative estimate of drug-likeness (QED) is 0.862. The summed E-state index contributed by atoms with van der Waals surface area (Å²) in [5.41, 5.74) is 7.31. The van der Waals surface area contributed by atoms with Gasteiger partial charge in [-0.25, -0.2) is 8.42 Å². The summed E-state index contributed by atoms with van der Waals surface area (Å²) in [6, 6.07) is 9.03. The molecule has 0 atom stereocenters. The van der Waals surface area contributed by atoms with E-state index in [0.717, 1.165) is 18.7 Å². The molecular formula is C14H18N2O2S2. The molecule has 20 heavy (non-hydrogen) atoms. The largest absolute Gasteiger partial charge is 0.397 e. The van der Waals surface area contributed by atoms with Crippen LogP contribution in [0, 0.1) is 0 Å². The zero-order valence-electron chi connectivity index (χ0n) is 11.5. The lowest BCUT2D eigenvalue weighted by molar-refractivity contribution is 0.602. The maximum atomic E-state index is 11.5. The first-order valence-electron chi connectivity index (χ1n) is 6.21. The minimum absolute atomic E-state index is 0.255. The number of hydrogen-bond donors (Lipinski definition) is 1. The van der Waals surface area contributed by atoms with Crippen LogP contribution in [0.2, 0.25) is 0 Å². The molecule has 0 saturated heterocycles. The SMILES string of the molecule is CN(CCc1cccs1)c1ccc(S(C)(=O)=O)cc1N. The molecule has 2 aromatic rings. The van der Waals surface area contributed by atoms with Crippen molar-refractivity contribution in [3.63, 3.8) is 0 Å². The monoisotopic (exact) mass is 310 g/mol. The van der Waals surface area contributed by atoms with Crippen molar-refractivity contribution in [1.29, 1.82) is 0 Å². The molecule has 0 unspecified atom stereocenters. The van der Waals surface area contributed by atoms with Gasteiger partial charge in [-0.15, -0.1) is 11.3 Å². The van der Waals surface area contributed by atoms with Crippen LogP contribution in [0.25, 0.3) is 0 Å². The van der Waals surface area contributed by atoms with E-state index in [1.54, 1.807) is 23.5 Å². The topological polar surface area (TPSA) is 63.4 Å². The molecule has 0 spiro atoms. The normalized spacial score (nSPS) is 11.5. The fourth-order valence-corrected chi connectivity index (χ4v) is 3.32. The molecule has 0 bridgehead atoms. The Bertz CT molecular complexity index is 679. The molecule has 2 rings (SSSR count). The molecule has 1 heterocycles. The number of likely N-dealkylation sites (N-methyl/N-ethyl adjacent to an activating group) is 1. The highest BCUT2D eigenvalue weighted by atomic mass is 32.2. The fourth-order valence-electron chi connectivity index (χ4n) is 1.96. The molecular weight excluding hydrogens is 292 g/mol. The summed E-state index contributed by atoms with van der Waals surface area (Å²) in [4.78, 5) is 3.62. The Morgan fingerprint density at radius 3 is 2.60 bits per heavy atom. The van der Waals surface area contributed by atoms with Crippen molar-refractivity contribution in [1.82, 2.24) is 0 Å². The van der Waals surface area contributed by atoms with Crippen LogP contribution >= 0.6 is 11.3 Å². The summed E-state index contributed by atoms with van der Waals surface area (Å²) in [7, 11) is -1.25. The lowest BCUT2D eigenvalue weighted by Crippen LogP contribution is -2.21. The number of anilines is 2. The second kappa shape index (κ2) is 5.85. The zero-order valence-corrected chi connectivity index (χ0v) is 13.2. The maximum absolute atomic E-state index is 11.5. The van der Waals surface area contributed by atoms with Gasteiger partial charge in [0.05, 0.1) is 16.3 Å². The molecule has 0 amide bonds. The van der Waals surface area contributed by atoms with Crippen molar-refractivity contribution < 1.29 is 8.42 Å². The zero-order chi connectivity index (χ0) is 14.8. The first-order chi connectivity index (χ1) is 9.38. The van der Waals surface area contributed by atoms with E-state index >= 15 is 0 Å². The van der Waals surface area contributed by atoms with Gasteiger partial charge in [-0.2, -0.15) is 0 Å². The number of rotatable bonds is 5. The number of thiophene rings is 1. The number of hydrogen-bond acceptors (Lipinski definition) is 5. The summed E-state index contributed by atoms with van der Waals surface area (Å²) < 4.78 is 23.0. The highest BCUT2D eigenvalue weighted by Gasteiger charge is 2.11. The fraction of sp³-hybridized carbons (Fsp3) is 0.286. The van der Waals surface area contributed by atoms with Crippen LogP contribution in [0.15, 0.2) is 40.6 Å². The Labute approximate surface area is 123 Å². The highest BCUT2D eigenvalue weighted by molar-refractivity contribution is 7.90. The standard InChI is InChI=1S/C14H18N2O2S2/c1-16(8-7-11-4-3-9-19-11)14-6-5-12(10-13(14)15)20(2,17)18/h3-6,9-10H,7-8,15H2,1-2H3. The lowest BCUT2D eigenvalue weighted by atomic mass is 10.2. The number of benzene rings is 1. The van der Waals surface area contributed by atoms with Gasteiger partial charge in [-0.3, -0.25) is 0 Å². The Kier molecular flexibility index (Phi) is 4.35. The molecule has 0 aliphatic heterocycles. The summed E-state index contributed by atoms with van der Waals surface area (Å²) >= 11 is 1.73. The first-order valence-corrected chi connectivity index (χ1v) is 8.98. The van der Waals surface area contributed by atoms with Crippen LogP contribution in [-0.2, 0) is 16.3 Å². The number of nitrogens with two attached hydrogens (primary N) is 1. The van der Waals surface area contributed by atoms with Crippen molar-refractivity contribution in [3.8, 4) is 0 Å². The van der Waals surface area contributed by atoms with Crippen molar-refractivity contribution in [2.75, 3.05) is 30.5 Å². The van der Waals surface area contributed by atoms with Crippen LogP contribution < -0.4 is 10.6 Å². The predicted molar refractivity (Wildman–Crippen MR) is 85.3 cm³/mol.